The summed E-state index contributed by atoms with van der Waals surface area (Å²) in [5.41, 5.74) is 3.62. The van der Waals surface area contributed by atoms with Crippen molar-refractivity contribution >= 4 is 45.6 Å². The molecule has 158 valence electrons. The molecule has 31 heavy (non-hydrogen) atoms. The number of nitrogens with one attached hydrogen (secondary N) is 1. The molecule has 0 radical (unpaired) electrons. The number of benzene rings is 3. The minimum absolute atomic E-state index is 0.249. The van der Waals surface area contributed by atoms with Crippen molar-refractivity contribution in [2.45, 2.75) is 6.92 Å². The number of carbonyl (C=O) groups excluding carboxylic acids is 2. The van der Waals surface area contributed by atoms with Crippen LogP contribution in [0.4, 0.5) is 0 Å². The Balaban J connectivity index is 1.71. The lowest BCUT2D eigenvalue weighted by atomic mass is 10.2. The van der Waals surface area contributed by atoms with E-state index in [1.807, 2.05) is 6.92 Å². The van der Waals surface area contributed by atoms with Gasteiger partial charge in [-0.1, -0.05) is 39.7 Å². The highest BCUT2D eigenvalue weighted by Gasteiger charge is 2.14. The highest BCUT2D eigenvalue weighted by Crippen LogP contribution is 2.24. The molecule has 8 heteroatoms. The third-order valence-corrected chi connectivity index (χ3v) is 4.89. The Morgan fingerprint density at radius 1 is 1.10 bits per heavy atom. The highest BCUT2D eigenvalue weighted by molar-refractivity contribution is 9.10. The standard InChI is InChI=1S/C23H18BrClN2O4/c1-2-30-18-10-7-15(8-11-18)22(28)27-26-14-16-13-17(24)9-12-21(16)31-23(29)19-5-3-4-6-20(19)25/h3-14H,2H2,1H3,(H,27,28)/b26-14-. The van der Waals surface area contributed by atoms with Crippen molar-refractivity contribution in [3.63, 3.8) is 0 Å². The first kappa shape index (κ1) is 22.5. The molecule has 0 saturated heterocycles. The maximum Gasteiger partial charge on any atom is 0.345 e. The maximum absolute atomic E-state index is 12.5. The second-order valence-corrected chi connectivity index (χ2v) is 7.53. The summed E-state index contributed by atoms with van der Waals surface area (Å²) in [5.74, 6) is -0.0289. The summed E-state index contributed by atoms with van der Waals surface area (Å²) in [5, 5.41) is 4.28. The molecule has 0 bridgehead atoms. The van der Waals surface area contributed by atoms with Gasteiger partial charge in [0.05, 0.1) is 23.4 Å². The van der Waals surface area contributed by atoms with Crippen LogP contribution in [0.5, 0.6) is 11.5 Å². The van der Waals surface area contributed by atoms with Gasteiger partial charge in [-0.2, -0.15) is 5.10 Å². The number of nitrogens with zero attached hydrogens (tertiary/aromatic N) is 1. The first-order valence-corrected chi connectivity index (χ1v) is 10.5. The van der Waals surface area contributed by atoms with E-state index in [4.69, 9.17) is 21.1 Å². The van der Waals surface area contributed by atoms with E-state index < -0.39 is 5.97 Å². The molecule has 3 rings (SSSR count). The molecule has 3 aromatic carbocycles. The van der Waals surface area contributed by atoms with Gasteiger partial charge < -0.3 is 9.47 Å². The van der Waals surface area contributed by atoms with Gasteiger partial charge in [0.1, 0.15) is 11.5 Å². The smallest absolute Gasteiger partial charge is 0.345 e. The fraction of sp³-hybridized carbons (Fsp3) is 0.0870. The average Bonchev–Trinajstić information content (AvgIpc) is 2.76. The molecule has 0 unspecified atom stereocenters. The summed E-state index contributed by atoms with van der Waals surface area (Å²) in [6.07, 6.45) is 1.40. The van der Waals surface area contributed by atoms with Crippen molar-refractivity contribution in [2.24, 2.45) is 5.10 Å². The second kappa shape index (κ2) is 10.7. The van der Waals surface area contributed by atoms with Crippen molar-refractivity contribution in [3.8, 4) is 11.5 Å². The van der Waals surface area contributed by atoms with Gasteiger partial charge in [-0.15, -0.1) is 0 Å². The Hall–Kier alpha value is -3.16. The van der Waals surface area contributed by atoms with Crippen molar-refractivity contribution in [1.82, 2.24) is 5.43 Å². The number of hydrogen-bond acceptors (Lipinski definition) is 5. The van der Waals surface area contributed by atoms with Crippen LogP contribution >= 0.6 is 27.5 Å². The van der Waals surface area contributed by atoms with Crippen LogP contribution < -0.4 is 14.9 Å². The number of halogens is 2. The van der Waals surface area contributed by atoms with Gasteiger partial charge in [0.2, 0.25) is 0 Å². The normalized spacial score (nSPS) is 10.7. The molecular formula is C23H18BrClN2O4. The summed E-state index contributed by atoms with van der Waals surface area (Å²) in [6.45, 7) is 2.43. The van der Waals surface area contributed by atoms with Crippen LogP contribution in [-0.2, 0) is 0 Å². The van der Waals surface area contributed by atoms with Crippen molar-refractivity contribution < 1.29 is 19.1 Å². The topological polar surface area (TPSA) is 77.0 Å². The highest BCUT2D eigenvalue weighted by atomic mass is 79.9. The number of carbonyl (C=O) groups is 2. The average molecular weight is 502 g/mol. The Morgan fingerprint density at radius 3 is 2.55 bits per heavy atom. The number of rotatable bonds is 7. The van der Waals surface area contributed by atoms with E-state index in [1.165, 1.54) is 6.21 Å². The van der Waals surface area contributed by atoms with Crippen LogP contribution in [0.2, 0.25) is 5.02 Å². The molecule has 0 spiro atoms. The van der Waals surface area contributed by atoms with Gasteiger partial charge in [-0.05, 0) is 61.5 Å². The molecule has 0 aromatic heterocycles. The lowest BCUT2D eigenvalue weighted by molar-refractivity contribution is 0.0734. The molecule has 0 aliphatic carbocycles. The first-order chi connectivity index (χ1) is 15.0. The van der Waals surface area contributed by atoms with Gasteiger partial charge in [-0.25, -0.2) is 10.2 Å². The fourth-order valence-corrected chi connectivity index (χ4v) is 3.18. The second-order valence-electron chi connectivity index (χ2n) is 6.21. The zero-order valence-electron chi connectivity index (χ0n) is 16.5. The lowest BCUT2D eigenvalue weighted by Crippen LogP contribution is -2.17. The molecule has 0 heterocycles. The molecule has 0 saturated carbocycles. The number of esters is 1. The quantitative estimate of drug-likeness (QED) is 0.201. The monoisotopic (exact) mass is 500 g/mol. The predicted octanol–water partition coefficient (Wildman–Crippen LogP) is 5.48. The lowest BCUT2D eigenvalue weighted by Gasteiger charge is -2.09. The molecule has 0 fully saturated rings. The van der Waals surface area contributed by atoms with Crippen LogP contribution in [0.25, 0.3) is 0 Å². The fourth-order valence-electron chi connectivity index (χ4n) is 2.59. The zero-order chi connectivity index (χ0) is 22.2. The third kappa shape index (κ3) is 6.16. The van der Waals surface area contributed by atoms with Gasteiger partial charge in [-0.3, -0.25) is 4.79 Å². The number of hydrazone groups is 1. The van der Waals surface area contributed by atoms with Gasteiger partial charge in [0.15, 0.2) is 0 Å². The van der Waals surface area contributed by atoms with Gasteiger partial charge in [0, 0.05) is 15.6 Å². The van der Waals surface area contributed by atoms with Crippen LogP contribution in [-0.4, -0.2) is 24.7 Å². The van der Waals surface area contributed by atoms with Gasteiger partial charge >= 0.3 is 5.97 Å². The predicted molar refractivity (Wildman–Crippen MR) is 123 cm³/mol. The van der Waals surface area contributed by atoms with Crippen LogP contribution in [0.1, 0.15) is 33.2 Å². The molecule has 0 atom stereocenters. The molecular weight excluding hydrogens is 484 g/mol. The van der Waals surface area contributed by atoms with Crippen molar-refractivity contribution in [3.05, 3.63) is 92.9 Å². The molecule has 0 aliphatic heterocycles. The van der Waals surface area contributed by atoms with E-state index in [9.17, 15) is 9.59 Å². The number of hydrogen-bond donors (Lipinski definition) is 1. The molecule has 1 N–H and O–H groups in total. The number of amides is 1. The van der Waals surface area contributed by atoms with E-state index in [0.29, 0.717) is 28.5 Å². The largest absolute Gasteiger partial charge is 0.494 e. The van der Waals surface area contributed by atoms with Gasteiger partial charge in [0.25, 0.3) is 5.91 Å². The Morgan fingerprint density at radius 2 is 1.84 bits per heavy atom. The molecule has 0 aliphatic rings. The summed E-state index contributed by atoms with van der Waals surface area (Å²) in [7, 11) is 0. The van der Waals surface area contributed by atoms with Crippen molar-refractivity contribution in [1.29, 1.82) is 0 Å². The molecule has 6 nitrogen and oxygen atoms in total. The minimum Gasteiger partial charge on any atom is -0.494 e. The summed E-state index contributed by atoms with van der Waals surface area (Å²) in [6, 6.07) is 18.4. The Bertz CT molecular complexity index is 1120. The van der Waals surface area contributed by atoms with E-state index in [2.05, 4.69) is 26.5 Å². The summed E-state index contributed by atoms with van der Waals surface area (Å²) < 4.78 is 11.6. The first-order valence-electron chi connectivity index (χ1n) is 9.30. The van der Waals surface area contributed by atoms with E-state index >= 15 is 0 Å². The van der Waals surface area contributed by atoms with E-state index in [-0.39, 0.29) is 17.2 Å². The van der Waals surface area contributed by atoms with Crippen LogP contribution in [0.3, 0.4) is 0 Å². The SMILES string of the molecule is CCOc1ccc(C(=O)N/N=C\c2cc(Br)ccc2OC(=O)c2ccccc2Cl)cc1. The van der Waals surface area contributed by atoms with E-state index in [0.717, 1.165) is 4.47 Å². The summed E-state index contributed by atoms with van der Waals surface area (Å²) >= 11 is 9.44. The maximum atomic E-state index is 12.5. The van der Waals surface area contributed by atoms with Crippen LogP contribution in [0, 0.1) is 0 Å². The van der Waals surface area contributed by atoms with Crippen LogP contribution in [0.15, 0.2) is 76.3 Å². The summed E-state index contributed by atoms with van der Waals surface area (Å²) in [4.78, 5) is 24.8. The minimum atomic E-state index is -0.596. The van der Waals surface area contributed by atoms with Crippen molar-refractivity contribution in [2.75, 3.05) is 6.61 Å². The number of ether oxygens (including phenoxy) is 2. The third-order valence-electron chi connectivity index (χ3n) is 4.07. The molecule has 3 aromatic rings. The Labute approximate surface area is 193 Å². The molecule has 1 amide bonds. The zero-order valence-corrected chi connectivity index (χ0v) is 18.8. The Kier molecular flexibility index (Phi) is 7.81. The van der Waals surface area contributed by atoms with E-state index in [1.54, 1.807) is 66.7 Å².